The van der Waals surface area contributed by atoms with Crippen LogP contribution < -0.4 is 0 Å². The summed E-state index contributed by atoms with van der Waals surface area (Å²) in [6, 6.07) is 5.95. The topological polar surface area (TPSA) is 94.9 Å². The van der Waals surface area contributed by atoms with E-state index in [9.17, 15) is 18.3 Å². The van der Waals surface area contributed by atoms with E-state index in [1.807, 2.05) is 6.92 Å². The van der Waals surface area contributed by atoms with Gasteiger partial charge in [0.2, 0.25) is 10.0 Å². The monoisotopic (exact) mass is 313 g/mol. The number of carbonyl (C=O) groups is 1. The maximum absolute atomic E-state index is 12.4. The minimum Gasteiger partial charge on any atom is -0.478 e. The second kappa shape index (κ2) is 6.13. The molecule has 1 aromatic rings. The third-order valence-corrected chi connectivity index (χ3v) is 5.56. The van der Waals surface area contributed by atoms with E-state index in [2.05, 4.69) is 0 Å². The summed E-state index contributed by atoms with van der Waals surface area (Å²) in [6.07, 6.45) is -0.0398. The Balaban J connectivity index is 2.14. The van der Waals surface area contributed by atoms with Crippen molar-refractivity contribution in [2.45, 2.75) is 25.2 Å². The molecule has 0 radical (unpaired) electrons. The van der Waals surface area contributed by atoms with Crippen LogP contribution in [0.3, 0.4) is 0 Å². The third-order valence-electron chi connectivity index (χ3n) is 3.74. The molecular weight excluding hydrogens is 294 g/mol. The highest BCUT2D eigenvalue weighted by molar-refractivity contribution is 7.88. The molecule has 0 bridgehead atoms. The molecule has 1 aliphatic heterocycles. The van der Waals surface area contributed by atoms with Gasteiger partial charge in [-0.15, -0.1) is 0 Å². The van der Waals surface area contributed by atoms with Crippen LogP contribution >= 0.6 is 0 Å². The number of aliphatic hydroxyl groups is 1. The average molecular weight is 313 g/mol. The maximum Gasteiger partial charge on any atom is 0.335 e. The molecule has 1 heterocycles. The van der Waals surface area contributed by atoms with Crippen molar-refractivity contribution in [2.75, 3.05) is 13.1 Å². The van der Waals surface area contributed by atoms with Crippen LogP contribution in [0.25, 0.3) is 0 Å². The Hall–Kier alpha value is -1.44. The molecule has 0 saturated carbocycles. The molecule has 1 aromatic carbocycles. The van der Waals surface area contributed by atoms with E-state index in [0.29, 0.717) is 25.1 Å². The Morgan fingerprint density at radius 3 is 2.76 bits per heavy atom. The Labute approximate surface area is 124 Å². The lowest BCUT2D eigenvalue weighted by Crippen LogP contribution is -2.45. The SMILES string of the molecule is CC1CN(S(=O)(=O)Cc2cccc(C(=O)O)c2)CCC1O. The summed E-state index contributed by atoms with van der Waals surface area (Å²) < 4.78 is 26.1. The maximum atomic E-state index is 12.4. The largest absolute Gasteiger partial charge is 0.478 e. The van der Waals surface area contributed by atoms with Crippen LogP contribution in [0.5, 0.6) is 0 Å². The van der Waals surface area contributed by atoms with E-state index < -0.39 is 22.1 Å². The van der Waals surface area contributed by atoms with Gasteiger partial charge in [-0.25, -0.2) is 17.5 Å². The van der Waals surface area contributed by atoms with Crippen molar-refractivity contribution in [3.05, 3.63) is 35.4 Å². The zero-order valence-electron chi connectivity index (χ0n) is 11.8. The number of aromatic carboxylic acids is 1. The van der Waals surface area contributed by atoms with Gasteiger partial charge in [0.1, 0.15) is 0 Å². The van der Waals surface area contributed by atoms with Gasteiger partial charge in [0.25, 0.3) is 0 Å². The van der Waals surface area contributed by atoms with Crippen molar-refractivity contribution in [3.63, 3.8) is 0 Å². The van der Waals surface area contributed by atoms with Gasteiger partial charge < -0.3 is 10.2 Å². The fourth-order valence-electron chi connectivity index (χ4n) is 2.44. The number of aliphatic hydroxyl groups excluding tert-OH is 1. The number of rotatable bonds is 4. The van der Waals surface area contributed by atoms with Gasteiger partial charge in [0, 0.05) is 13.1 Å². The first-order valence-electron chi connectivity index (χ1n) is 6.78. The van der Waals surface area contributed by atoms with Crippen molar-refractivity contribution in [1.82, 2.24) is 4.31 Å². The molecule has 2 rings (SSSR count). The summed E-state index contributed by atoms with van der Waals surface area (Å²) in [5.74, 6) is -1.40. The predicted octanol–water partition coefficient (Wildman–Crippen LogP) is 0.917. The Bertz CT molecular complexity index is 628. The minimum absolute atomic E-state index is 0.0742. The normalized spacial score (nSPS) is 23.9. The van der Waals surface area contributed by atoms with Gasteiger partial charge in [-0.05, 0) is 30.0 Å². The van der Waals surface area contributed by atoms with E-state index in [4.69, 9.17) is 5.11 Å². The van der Waals surface area contributed by atoms with Gasteiger partial charge in [0.15, 0.2) is 0 Å². The van der Waals surface area contributed by atoms with Crippen molar-refractivity contribution in [3.8, 4) is 0 Å². The number of hydrogen-bond donors (Lipinski definition) is 2. The standard InChI is InChI=1S/C14H19NO5S/c1-10-8-15(6-5-13(10)16)21(19,20)9-11-3-2-4-12(7-11)14(17)18/h2-4,7,10,13,16H,5-6,8-9H2,1H3,(H,17,18). The number of hydrogen-bond acceptors (Lipinski definition) is 4. The number of carboxylic acid groups (broad SMARTS) is 1. The molecule has 7 heteroatoms. The molecule has 0 spiro atoms. The minimum atomic E-state index is -3.51. The highest BCUT2D eigenvalue weighted by Crippen LogP contribution is 2.21. The lowest BCUT2D eigenvalue weighted by molar-refractivity contribution is 0.0627. The molecule has 0 aromatic heterocycles. The first-order chi connectivity index (χ1) is 9.79. The van der Waals surface area contributed by atoms with Crippen LogP contribution in [0.15, 0.2) is 24.3 Å². The molecule has 21 heavy (non-hydrogen) atoms. The van der Waals surface area contributed by atoms with Crippen LogP contribution in [-0.2, 0) is 15.8 Å². The van der Waals surface area contributed by atoms with Gasteiger partial charge in [-0.3, -0.25) is 0 Å². The number of carboxylic acids is 1. The molecule has 2 atom stereocenters. The molecule has 1 aliphatic rings. The van der Waals surface area contributed by atoms with Crippen LogP contribution in [0.1, 0.15) is 29.3 Å². The second-order valence-electron chi connectivity index (χ2n) is 5.45. The number of sulfonamides is 1. The highest BCUT2D eigenvalue weighted by Gasteiger charge is 2.31. The third kappa shape index (κ3) is 3.81. The molecule has 6 nitrogen and oxygen atoms in total. The van der Waals surface area contributed by atoms with E-state index in [1.165, 1.54) is 22.5 Å². The average Bonchev–Trinajstić information content (AvgIpc) is 2.41. The summed E-state index contributed by atoms with van der Waals surface area (Å²) in [4.78, 5) is 10.9. The van der Waals surface area contributed by atoms with Crippen LogP contribution in [0, 0.1) is 5.92 Å². The first kappa shape index (κ1) is 15.9. The summed E-state index contributed by atoms with van der Waals surface area (Å²) in [5, 5.41) is 18.6. The molecule has 2 N–H and O–H groups in total. The van der Waals surface area contributed by atoms with Crippen molar-refractivity contribution >= 4 is 16.0 Å². The lowest BCUT2D eigenvalue weighted by Gasteiger charge is -2.33. The fraction of sp³-hybridized carbons (Fsp3) is 0.500. The Morgan fingerprint density at radius 1 is 1.43 bits per heavy atom. The van der Waals surface area contributed by atoms with E-state index >= 15 is 0 Å². The van der Waals surface area contributed by atoms with Crippen molar-refractivity contribution in [1.29, 1.82) is 0 Å². The van der Waals surface area contributed by atoms with Crippen molar-refractivity contribution in [2.24, 2.45) is 5.92 Å². The summed E-state index contributed by atoms with van der Waals surface area (Å²) in [7, 11) is -3.51. The van der Waals surface area contributed by atoms with E-state index in [-0.39, 0.29) is 17.2 Å². The van der Waals surface area contributed by atoms with E-state index in [0.717, 1.165) is 0 Å². The molecule has 1 saturated heterocycles. The highest BCUT2D eigenvalue weighted by atomic mass is 32.2. The van der Waals surface area contributed by atoms with E-state index in [1.54, 1.807) is 6.07 Å². The van der Waals surface area contributed by atoms with Crippen LogP contribution in [0.2, 0.25) is 0 Å². The molecule has 0 aliphatic carbocycles. The molecule has 116 valence electrons. The van der Waals surface area contributed by atoms with Gasteiger partial charge in [0.05, 0.1) is 17.4 Å². The Kier molecular flexibility index (Phi) is 4.65. The number of piperidine rings is 1. The zero-order chi connectivity index (χ0) is 15.6. The zero-order valence-corrected chi connectivity index (χ0v) is 12.6. The quantitative estimate of drug-likeness (QED) is 0.862. The van der Waals surface area contributed by atoms with Crippen LogP contribution in [-0.4, -0.2) is 48.1 Å². The molecular formula is C14H19NO5S. The van der Waals surface area contributed by atoms with Gasteiger partial charge in [-0.2, -0.15) is 0 Å². The molecule has 1 fully saturated rings. The molecule has 0 amide bonds. The summed E-state index contributed by atoms with van der Waals surface area (Å²) >= 11 is 0. The lowest BCUT2D eigenvalue weighted by atomic mass is 9.99. The summed E-state index contributed by atoms with van der Waals surface area (Å²) in [6.45, 7) is 2.41. The number of benzene rings is 1. The first-order valence-corrected chi connectivity index (χ1v) is 8.38. The second-order valence-corrected chi connectivity index (χ2v) is 7.42. The fourth-order valence-corrected chi connectivity index (χ4v) is 4.07. The predicted molar refractivity (Wildman–Crippen MR) is 77.4 cm³/mol. The van der Waals surface area contributed by atoms with Gasteiger partial charge >= 0.3 is 5.97 Å². The smallest absolute Gasteiger partial charge is 0.335 e. The van der Waals surface area contributed by atoms with Crippen LogP contribution in [0.4, 0.5) is 0 Å². The summed E-state index contributed by atoms with van der Waals surface area (Å²) in [5.41, 5.74) is 0.527. The van der Waals surface area contributed by atoms with Crippen molar-refractivity contribution < 1.29 is 23.4 Å². The molecule has 2 unspecified atom stereocenters. The van der Waals surface area contributed by atoms with Gasteiger partial charge in [-0.1, -0.05) is 19.1 Å². The Morgan fingerprint density at radius 2 is 2.14 bits per heavy atom. The number of nitrogens with zero attached hydrogens (tertiary/aromatic N) is 1.